The molecule has 5 nitrogen and oxygen atoms in total. The lowest BCUT2D eigenvalue weighted by molar-refractivity contribution is 0.0951. The molecular weight excluding hydrogens is 232 g/mol. The number of benzene rings is 1. The number of hydrogen-bond acceptors (Lipinski definition) is 4. The van der Waals surface area contributed by atoms with Gasteiger partial charge in [0.15, 0.2) is 0 Å². The molecule has 0 saturated heterocycles. The van der Waals surface area contributed by atoms with Crippen LogP contribution in [-0.2, 0) is 0 Å². The lowest BCUT2D eigenvalue weighted by Crippen LogP contribution is -2.29. The van der Waals surface area contributed by atoms with Crippen molar-refractivity contribution in [3.8, 4) is 11.5 Å². The molecule has 0 saturated carbocycles. The molecule has 0 spiro atoms. The van der Waals surface area contributed by atoms with Gasteiger partial charge in [0.05, 0.1) is 0 Å². The molecule has 0 atom stereocenters. The molecule has 1 amide bonds. The summed E-state index contributed by atoms with van der Waals surface area (Å²) >= 11 is 0. The Kier molecular flexibility index (Phi) is 3.84. The Hall–Kier alpha value is -2.01. The third-order valence-corrected chi connectivity index (χ3v) is 2.88. The molecule has 0 aromatic heterocycles. The van der Waals surface area contributed by atoms with Crippen LogP contribution in [0.25, 0.3) is 0 Å². The van der Waals surface area contributed by atoms with E-state index in [-0.39, 0.29) is 17.1 Å². The smallest absolute Gasteiger partial charge is 0.259 e. The Balaban J connectivity index is 2.01. The predicted octanol–water partition coefficient (Wildman–Crippen LogP) is 0.747. The van der Waals surface area contributed by atoms with Gasteiger partial charge in [-0.15, -0.1) is 0 Å². The van der Waals surface area contributed by atoms with Crippen LogP contribution < -0.4 is 10.6 Å². The summed E-state index contributed by atoms with van der Waals surface area (Å²) in [6.45, 7) is 2.16. The summed E-state index contributed by atoms with van der Waals surface area (Å²) in [7, 11) is 0. The molecule has 0 radical (unpaired) electrons. The summed E-state index contributed by atoms with van der Waals surface area (Å²) in [4.78, 5) is 11.9. The molecule has 1 aliphatic rings. The predicted molar refractivity (Wildman–Crippen MR) is 67.7 cm³/mol. The van der Waals surface area contributed by atoms with Crippen molar-refractivity contribution in [2.24, 2.45) is 0 Å². The average Bonchev–Trinajstić information content (AvgIpc) is 2.37. The number of carbonyl (C=O) groups excluding carboxylic acids is 1. The number of hydrogen-bond donors (Lipinski definition) is 4. The Morgan fingerprint density at radius 2 is 2.06 bits per heavy atom. The molecule has 18 heavy (non-hydrogen) atoms. The molecule has 1 heterocycles. The topological polar surface area (TPSA) is 81.6 Å². The van der Waals surface area contributed by atoms with Gasteiger partial charge in [0.1, 0.15) is 17.1 Å². The van der Waals surface area contributed by atoms with E-state index in [0.717, 1.165) is 25.1 Å². The Bertz CT molecular complexity index is 463. The first-order chi connectivity index (χ1) is 8.68. The van der Waals surface area contributed by atoms with Gasteiger partial charge in [-0.25, -0.2) is 0 Å². The van der Waals surface area contributed by atoms with Gasteiger partial charge < -0.3 is 20.8 Å². The van der Waals surface area contributed by atoms with Gasteiger partial charge in [0.25, 0.3) is 5.91 Å². The average molecular weight is 248 g/mol. The zero-order valence-corrected chi connectivity index (χ0v) is 9.94. The van der Waals surface area contributed by atoms with Gasteiger partial charge in [-0.3, -0.25) is 4.79 Å². The molecule has 0 fully saturated rings. The van der Waals surface area contributed by atoms with Gasteiger partial charge >= 0.3 is 0 Å². The third-order valence-electron chi connectivity index (χ3n) is 2.88. The van der Waals surface area contributed by atoms with Crippen LogP contribution in [0.4, 0.5) is 0 Å². The van der Waals surface area contributed by atoms with E-state index in [9.17, 15) is 15.0 Å². The van der Waals surface area contributed by atoms with Crippen LogP contribution in [-0.4, -0.2) is 35.8 Å². The van der Waals surface area contributed by atoms with E-state index >= 15 is 0 Å². The minimum Gasteiger partial charge on any atom is -0.507 e. The molecule has 0 bridgehead atoms. The van der Waals surface area contributed by atoms with Crippen molar-refractivity contribution in [3.63, 3.8) is 0 Å². The van der Waals surface area contributed by atoms with Gasteiger partial charge in [-0.2, -0.15) is 0 Å². The van der Waals surface area contributed by atoms with Crippen molar-refractivity contribution in [3.05, 3.63) is 35.4 Å². The maximum Gasteiger partial charge on any atom is 0.259 e. The van der Waals surface area contributed by atoms with Crippen LogP contribution in [0.3, 0.4) is 0 Å². The number of phenolic OH excluding ortho intramolecular Hbond substituents is 2. The van der Waals surface area contributed by atoms with Crippen LogP contribution >= 0.6 is 0 Å². The van der Waals surface area contributed by atoms with Crippen molar-refractivity contribution in [2.45, 2.75) is 6.42 Å². The monoisotopic (exact) mass is 248 g/mol. The van der Waals surface area contributed by atoms with E-state index < -0.39 is 5.91 Å². The first kappa shape index (κ1) is 12.4. The normalized spacial score (nSPS) is 15.0. The molecule has 0 unspecified atom stereocenters. The van der Waals surface area contributed by atoms with Gasteiger partial charge in [0.2, 0.25) is 0 Å². The van der Waals surface area contributed by atoms with E-state index in [2.05, 4.69) is 10.6 Å². The number of phenols is 2. The van der Waals surface area contributed by atoms with Crippen molar-refractivity contribution in [1.82, 2.24) is 10.6 Å². The fourth-order valence-corrected chi connectivity index (χ4v) is 1.87. The van der Waals surface area contributed by atoms with E-state index in [1.54, 1.807) is 0 Å². The highest BCUT2D eigenvalue weighted by atomic mass is 16.3. The highest BCUT2D eigenvalue weighted by molar-refractivity contribution is 5.99. The summed E-state index contributed by atoms with van der Waals surface area (Å²) in [5.74, 6) is -0.899. The lowest BCUT2D eigenvalue weighted by Gasteiger charge is -2.15. The summed E-state index contributed by atoms with van der Waals surface area (Å²) in [5, 5.41) is 25.0. The first-order valence-corrected chi connectivity index (χ1v) is 5.86. The Morgan fingerprint density at radius 3 is 2.67 bits per heavy atom. The fourth-order valence-electron chi connectivity index (χ4n) is 1.87. The van der Waals surface area contributed by atoms with Gasteiger partial charge in [-0.05, 0) is 25.1 Å². The van der Waals surface area contributed by atoms with E-state index in [1.807, 2.05) is 6.08 Å². The maximum absolute atomic E-state index is 11.9. The van der Waals surface area contributed by atoms with Gasteiger partial charge in [0, 0.05) is 13.1 Å². The minimum absolute atomic E-state index is 0.0768. The fraction of sp³-hybridized carbons (Fsp3) is 0.308. The zero-order valence-electron chi connectivity index (χ0n) is 9.94. The third kappa shape index (κ3) is 2.81. The number of carbonyl (C=O) groups is 1. The first-order valence-electron chi connectivity index (χ1n) is 5.86. The van der Waals surface area contributed by atoms with Crippen molar-refractivity contribution >= 4 is 5.91 Å². The number of rotatable bonds is 3. The molecule has 4 N–H and O–H groups in total. The lowest BCUT2D eigenvalue weighted by atomic mass is 10.1. The highest BCUT2D eigenvalue weighted by Gasteiger charge is 2.16. The van der Waals surface area contributed by atoms with Crippen LogP contribution in [0.2, 0.25) is 0 Å². The molecule has 1 aromatic rings. The zero-order chi connectivity index (χ0) is 13.0. The summed E-state index contributed by atoms with van der Waals surface area (Å²) in [5.41, 5.74) is 1.07. The van der Waals surface area contributed by atoms with Crippen LogP contribution in [0.5, 0.6) is 11.5 Å². The second kappa shape index (κ2) is 5.55. The molecule has 0 aliphatic carbocycles. The van der Waals surface area contributed by atoms with Crippen LogP contribution in [0, 0.1) is 0 Å². The van der Waals surface area contributed by atoms with E-state index in [4.69, 9.17) is 0 Å². The SMILES string of the molecule is O=C(NCC1=CCNCC1)c1c(O)cccc1O. The maximum atomic E-state index is 11.9. The molecule has 1 aromatic carbocycles. The molecule has 96 valence electrons. The van der Waals surface area contributed by atoms with Crippen molar-refractivity contribution in [1.29, 1.82) is 0 Å². The Morgan fingerprint density at radius 1 is 1.33 bits per heavy atom. The van der Waals surface area contributed by atoms with Crippen molar-refractivity contribution in [2.75, 3.05) is 19.6 Å². The number of amides is 1. The van der Waals surface area contributed by atoms with E-state index in [0.29, 0.717) is 6.54 Å². The minimum atomic E-state index is -0.468. The number of nitrogens with one attached hydrogen (secondary N) is 2. The van der Waals surface area contributed by atoms with E-state index in [1.165, 1.54) is 18.2 Å². The highest BCUT2D eigenvalue weighted by Crippen LogP contribution is 2.25. The molecular formula is C13H16N2O3. The second-order valence-corrected chi connectivity index (χ2v) is 4.17. The molecule has 5 heteroatoms. The second-order valence-electron chi connectivity index (χ2n) is 4.17. The van der Waals surface area contributed by atoms with Gasteiger partial charge in [-0.1, -0.05) is 17.7 Å². The van der Waals surface area contributed by atoms with Crippen LogP contribution in [0.15, 0.2) is 29.8 Å². The molecule has 2 rings (SSSR count). The number of aromatic hydroxyl groups is 2. The van der Waals surface area contributed by atoms with Crippen LogP contribution in [0.1, 0.15) is 16.8 Å². The summed E-state index contributed by atoms with van der Waals surface area (Å²) in [6.07, 6.45) is 2.93. The largest absolute Gasteiger partial charge is 0.507 e. The molecule has 1 aliphatic heterocycles. The summed E-state index contributed by atoms with van der Waals surface area (Å²) < 4.78 is 0. The Labute approximate surface area is 105 Å². The van der Waals surface area contributed by atoms with Crippen molar-refractivity contribution < 1.29 is 15.0 Å². The quantitative estimate of drug-likeness (QED) is 0.595. The summed E-state index contributed by atoms with van der Waals surface area (Å²) in [6, 6.07) is 4.23. The standard InChI is InChI=1S/C13H16N2O3/c16-10-2-1-3-11(17)12(10)13(18)15-8-9-4-6-14-7-5-9/h1-4,14,16-17H,5-8H2,(H,15,18).